The summed E-state index contributed by atoms with van der Waals surface area (Å²) in [4.78, 5) is 11.3. The summed E-state index contributed by atoms with van der Waals surface area (Å²) in [6.07, 6.45) is 4.66. The average molecular weight is 218 g/mol. The van der Waals surface area contributed by atoms with E-state index in [2.05, 4.69) is 20.3 Å². The van der Waals surface area contributed by atoms with Crippen molar-refractivity contribution in [2.45, 2.75) is 13.0 Å². The van der Waals surface area contributed by atoms with Gasteiger partial charge in [0.15, 0.2) is 0 Å². The summed E-state index contributed by atoms with van der Waals surface area (Å²) in [7, 11) is 0. The molecule has 1 atom stereocenters. The zero-order valence-electron chi connectivity index (χ0n) is 8.76. The second-order valence-corrected chi connectivity index (χ2v) is 3.38. The molecule has 0 spiro atoms. The number of halogens is 1. The molecule has 0 aliphatic heterocycles. The lowest BCUT2D eigenvalue weighted by molar-refractivity contribution is 0.579. The Bertz CT molecular complexity index is 461. The Balaban J connectivity index is 2.11. The van der Waals surface area contributed by atoms with Gasteiger partial charge in [-0.2, -0.15) is 4.39 Å². The first-order valence-electron chi connectivity index (χ1n) is 4.90. The van der Waals surface area contributed by atoms with E-state index in [0.717, 1.165) is 5.56 Å². The molecule has 0 aliphatic carbocycles. The fraction of sp³-hybridized carbons (Fsp3) is 0.182. The van der Waals surface area contributed by atoms with Gasteiger partial charge in [0.1, 0.15) is 12.1 Å². The van der Waals surface area contributed by atoms with Crippen LogP contribution in [0, 0.1) is 5.95 Å². The Morgan fingerprint density at radius 1 is 1.38 bits per heavy atom. The molecule has 0 amide bonds. The maximum atomic E-state index is 12.8. The van der Waals surface area contributed by atoms with Crippen LogP contribution in [0.15, 0.2) is 36.9 Å². The van der Waals surface area contributed by atoms with E-state index in [1.165, 1.54) is 12.4 Å². The topological polar surface area (TPSA) is 50.7 Å². The molecule has 0 fully saturated rings. The summed E-state index contributed by atoms with van der Waals surface area (Å²) in [6, 6.07) is 5.08. The van der Waals surface area contributed by atoms with Gasteiger partial charge in [0.25, 0.3) is 0 Å². The van der Waals surface area contributed by atoms with Crippen molar-refractivity contribution in [1.29, 1.82) is 0 Å². The van der Waals surface area contributed by atoms with Crippen molar-refractivity contribution in [2.75, 3.05) is 5.32 Å². The summed E-state index contributed by atoms with van der Waals surface area (Å²) in [5, 5.41) is 3.07. The van der Waals surface area contributed by atoms with Gasteiger partial charge in [-0.1, -0.05) is 6.07 Å². The van der Waals surface area contributed by atoms with Gasteiger partial charge in [0, 0.05) is 18.5 Å². The van der Waals surface area contributed by atoms with Crippen LogP contribution in [0.2, 0.25) is 0 Å². The van der Waals surface area contributed by atoms with E-state index in [9.17, 15) is 4.39 Å². The minimum Gasteiger partial charge on any atom is -0.363 e. The first kappa shape index (κ1) is 10.5. The highest BCUT2D eigenvalue weighted by Crippen LogP contribution is 2.16. The van der Waals surface area contributed by atoms with Crippen molar-refractivity contribution < 1.29 is 4.39 Å². The van der Waals surface area contributed by atoms with Gasteiger partial charge in [0.05, 0.1) is 6.04 Å². The Morgan fingerprint density at radius 3 is 2.94 bits per heavy atom. The quantitative estimate of drug-likeness (QED) is 0.802. The second-order valence-electron chi connectivity index (χ2n) is 3.38. The molecule has 0 aliphatic rings. The number of anilines is 1. The van der Waals surface area contributed by atoms with Gasteiger partial charge in [-0.15, -0.1) is 0 Å². The van der Waals surface area contributed by atoms with Crippen LogP contribution in [0.1, 0.15) is 18.5 Å². The van der Waals surface area contributed by atoms with Crippen molar-refractivity contribution in [2.24, 2.45) is 0 Å². The lowest BCUT2D eigenvalue weighted by atomic mass is 10.1. The van der Waals surface area contributed by atoms with E-state index in [-0.39, 0.29) is 6.04 Å². The van der Waals surface area contributed by atoms with E-state index >= 15 is 0 Å². The van der Waals surface area contributed by atoms with E-state index < -0.39 is 5.95 Å². The highest BCUT2D eigenvalue weighted by atomic mass is 19.1. The lowest BCUT2D eigenvalue weighted by Gasteiger charge is -2.13. The second kappa shape index (κ2) is 4.65. The summed E-state index contributed by atoms with van der Waals surface area (Å²) in [5.74, 6) is -0.0836. The minimum absolute atomic E-state index is 0.0167. The van der Waals surface area contributed by atoms with E-state index in [4.69, 9.17) is 0 Å². The zero-order chi connectivity index (χ0) is 11.4. The van der Waals surface area contributed by atoms with Crippen LogP contribution in [0.3, 0.4) is 0 Å². The molecule has 4 nitrogen and oxygen atoms in total. The average Bonchev–Trinajstić information content (AvgIpc) is 2.30. The third kappa shape index (κ3) is 2.50. The van der Waals surface area contributed by atoms with Gasteiger partial charge in [-0.05, 0) is 18.6 Å². The third-order valence-electron chi connectivity index (χ3n) is 2.18. The number of hydrogen-bond donors (Lipinski definition) is 1. The number of pyridine rings is 1. The molecule has 2 rings (SSSR count). The molecule has 2 heterocycles. The number of hydrogen-bond acceptors (Lipinski definition) is 4. The maximum absolute atomic E-state index is 12.8. The smallest absolute Gasteiger partial charge is 0.217 e. The van der Waals surface area contributed by atoms with Gasteiger partial charge < -0.3 is 5.32 Å². The molecule has 82 valence electrons. The fourth-order valence-electron chi connectivity index (χ4n) is 1.35. The Kier molecular flexibility index (Phi) is 3.05. The summed E-state index contributed by atoms with van der Waals surface area (Å²) in [5.41, 5.74) is 1.02. The first-order valence-corrected chi connectivity index (χ1v) is 4.90. The lowest BCUT2D eigenvalue weighted by Crippen LogP contribution is -2.08. The monoisotopic (exact) mass is 218 g/mol. The molecule has 1 N–H and O–H groups in total. The fourth-order valence-corrected chi connectivity index (χ4v) is 1.35. The van der Waals surface area contributed by atoms with Crippen LogP contribution in [0.5, 0.6) is 0 Å². The summed E-state index contributed by atoms with van der Waals surface area (Å²) >= 11 is 0. The third-order valence-corrected chi connectivity index (χ3v) is 2.18. The predicted molar refractivity (Wildman–Crippen MR) is 58.3 cm³/mol. The molecule has 5 heteroatoms. The van der Waals surface area contributed by atoms with Crippen molar-refractivity contribution in [3.8, 4) is 0 Å². The van der Waals surface area contributed by atoms with Crippen molar-refractivity contribution in [3.05, 3.63) is 48.4 Å². The van der Waals surface area contributed by atoms with Crippen LogP contribution in [0.25, 0.3) is 0 Å². The van der Waals surface area contributed by atoms with E-state index in [1.807, 2.05) is 19.1 Å². The molecular formula is C11H11FN4. The SMILES string of the molecule is CC(Nc1cc(F)ncn1)c1cccnc1. The van der Waals surface area contributed by atoms with Crippen LogP contribution in [0.4, 0.5) is 10.2 Å². The Hall–Kier alpha value is -2.04. The van der Waals surface area contributed by atoms with Gasteiger partial charge in [-0.25, -0.2) is 9.97 Å². The van der Waals surface area contributed by atoms with Crippen LogP contribution in [-0.2, 0) is 0 Å². The van der Waals surface area contributed by atoms with Crippen molar-refractivity contribution in [3.63, 3.8) is 0 Å². The first-order chi connectivity index (χ1) is 7.75. The highest BCUT2D eigenvalue weighted by Gasteiger charge is 2.06. The molecule has 0 saturated carbocycles. The van der Waals surface area contributed by atoms with Gasteiger partial charge in [0.2, 0.25) is 5.95 Å². The standard InChI is InChI=1S/C11H11FN4/c1-8(9-3-2-4-13-6-9)16-11-5-10(12)14-7-15-11/h2-8H,1H3,(H,14,15,16). The van der Waals surface area contributed by atoms with Gasteiger partial charge in [-0.3, -0.25) is 4.98 Å². The number of nitrogens with one attached hydrogen (secondary N) is 1. The Morgan fingerprint density at radius 2 is 2.25 bits per heavy atom. The molecular weight excluding hydrogens is 207 g/mol. The van der Waals surface area contributed by atoms with E-state index in [1.54, 1.807) is 12.4 Å². The Labute approximate surface area is 92.6 Å². The zero-order valence-corrected chi connectivity index (χ0v) is 8.76. The number of aromatic nitrogens is 3. The molecule has 1 unspecified atom stereocenters. The van der Waals surface area contributed by atoms with Crippen molar-refractivity contribution in [1.82, 2.24) is 15.0 Å². The highest BCUT2D eigenvalue weighted by molar-refractivity contribution is 5.36. The van der Waals surface area contributed by atoms with Crippen LogP contribution >= 0.6 is 0 Å². The molecule has 2 aromatic heterocycles. The van der Waals surface area contributed by atoms with Crippen LogP contribution < -0.4 is 5.32 Å². The molecule has 0 bridgehead atoms. The molecule has 0 saturated heterocycles. The van der Waals surface area contributed by atoms with Crippen molar-refractivity contribution >= 4 is 5.82 Å². The summed E-state index contributed by atoms with van der Waals surface area (Å²) < 4.78 is 12.8. The largest absolute Gasteiger partial charge is 0.363 e. The number of nitrogens with zero attached hydrogens (tertiary/aromatic N) is 3. The predicted octanol–water partition coefficient (Wildman–Crippen LogP) is 2.18. The molecule has 2 aromatic rings. The normalized spacial score (nSPS) is 12.1. The van der Waals surface area contributed by atoms with Gasteiger partial charge >= 0.3 is 0 Å². The van der Waals surface area contributed by atoms with E-state index in [0.29, 0.717) is 5.82 Å². The molecule has 0 aromatic carbocycles. The minimum atomic E-state index is -0.545. The maximum Gasteiger partial charge on any atom is 0.217 e. The number of rotatable bonds is 3. The summed E-state index contributed by atoms with van der Waals surface area (Å²) in [6.45, 7) is 1.96. The molecule has 0 radical (unpaired) electrons. The molecule has 16 heavy (non-hydrogen) atoms. The van der Waals surface area contributed by atoms with Crippen LogP contribution in [-0.4, -0.2) is 15.0 Å².